The lowest BCUT2D eigenvalue weighted by Gasteiger charge is -2.50. The summed E-state index contributed by atoms with van der Waals surface area (Å²) in [5.41, 5.74) is 2.45. The van der Waals surface area contributed by atoms with Crippen LogP contribution in [-0.4, -0.2) is 75.6 Å². The van der Waals surface area contributed by atoms with E-state index in [1.165, 1.54) is 30.9 Å². The second-order valence-electron chi connectivity index (χ2n) is 8.83. The minimum atomic E-state index is 0.0743. The van der Waals surface area contributed by atoms with Gasteiger partial charge in [0.25, 0.3) is 0 Å². The van der Waals surface area contributed by atoms with Gasteiger partial charge in [-0.2, -0.15) is 5.10 Å². The second-order valence-corrected chi connectivity index (χ2v) is 8.83. The number of aromatic nitrogens is 4. The molecule has 2 aromatic heterocycles. The molecule has 2 aromatic rings. The zero-order valence-electron chi connectivity index (χ0n) is 17.2. The number of rotatable bonds is 3. The molecule has 3 aliphatic rings. The van der Waals surface area contributed by atoms with E-state index < -0.39 is 0 Å². The smallest absolute Gasteiger partial charge is 0.129 e. The molecule has 152 valence electrons. The van der Waals surface area contributed by atoms with Gasteiger partial charge in [-0.3, -0.25) is 9.58 Å². The number of hydrogen-bond acceptors (Lipinski definition) is 5. The van der Waals surface area contributed by atoms with Crippen LogP contribution < -0.4 is 0 Å². The largest absolute Gasteiger partial charge is 0.381 e. The first-order chi connectivity index (χ1) is 13.7. The summed E-state index contributed by atoms with van der Waals surface area (Å²) < 4.78 is 9.85. The van der Waals surface area contributed by atoms with Gasteiger partial charge in [-0.05, 0) is 38.6 Å². The molecule has 2 fully saturated rings. The molecule has 0 N–H and O–H groups in total. The van der Waals surface area contributed by atoms with Crippen LogP contribution in [0.5, 0.6) is 0 Å². The molecule has 0 saturated carbocycles. The summed E-state index contributed by atoms with van der Waals surface area (Å²) in [5, 5.41) is 4.36. The van der Waals surface area contributed by atoms with E-state index in [9.17, 15) is 0 Å². The lowest BCUT2D eigenvalue weighted by molar-refractivity contribution is -0.00391. The van der Waals surface area contributed by atoms with E-state index in [-0.39, 0.29) is 5.54 Å². The van der Waals surface area contributed by atoms with Gasteiger partial charge in [-0.15, -0.1) is 0 Å². The highest BCUT2D eigenvalue weighted by molar-refractivity contribution is 5.57. The van der Waals surface area contributed by atoms with Gasteiger partial charge in [0.05, 0.1) is 23.6 Å². The molecule has 2 saturated heterocycles. The number of piperidine rings is 1. The van der Waals surface area contributed by atoms with Crippen molar-refractivity contribution in [2.45, 2.75) is 37.8 Å². The fraction of sp³-hybridized carbons (Fsp3) is 0.714. The minimum Gasteiger partial charge on any atom is -0.381 e. The number of likely N-dealkylation sites (tertiary alicyclic amines) is 1. The molecule has 1 spiro atoms. The summed E-state index contributed by atoms with van der Waals surface area (Å²) in [4.78, 5) is 10.2. The molecule has 7 heteroatoms. The molecule has 0 aromatic carbocycles. The van der Waals surface area contributed by atoms with E-state index in [0.29, 0.717) is 0 Å². The molecule has 0 aliphatic carbocycles. The number of nitrogens with zero attached hydrogens (tertiary/aromatic N) is 6. The molecule has 5 heterocycles. The highest BCUT2D eigenvalue weighted by atomic mass is 16.5. The first kappa shape index (κ1) is 18.3. The summed E-state index contributed by atoms with van der Waals surface area (Å²) in [6.45, 7) is 7.53. The third-order valence-electron chi connectivity index (χ3n) is 7.20. The maximum atomic E-state index is 5.53. The molecule has 0 radical (unpaired) electrons. The first-order valence-corrected chi connectivity index (χ1v) is 10.7. The van der Waals surface area contributed by atoms with Gasteiger partial charge < -0.3 is 14.2 Å². The van der Waals surface area contributed by atoms with Crippen molar-refractivity contribution in [1.29, 1.82) is 0 Å². The third-order valence-corrected chi connectivity index (χ3v) is 7.20. The molecule has 0 amide bonds. The summed E-state index contributed by atoms with van der Waals surface area (Å²) in [5.74, 6) is 2.07. The average molecular weight is 385 g/mol. The molecule has 28 heavy (non-hydrogen) atoms. The van der Waals surface area contributed by atoms with E-state index in [1.54, 1.807) is 0 Å². The Labute approximate surface area is 167 Å². The number of likely N-dealkylation sites (N-methyl/N-ethyl adjacent to an activating group) is 1. The minimum absolute atomic E-state index is 0.0743. The summed E-state index contributed by atoms with van der Waals surface area (Å²) in [7, 11) is 4.26. The highest BCUT2D eigenvalue weighted by Gasteiger charge is 2.45. The summed E-state index contributed by atoms with van der Waals surface area (Å²) in [6, 6.07) is 0. The number of imidazole rings is 1. The van der Waals surface area contributed by atoms with Crippen molar-refractivity contribution < 1.29 is 4.74 Å². The van der Waals surface area contributed by atoms with Crippen molar-refractivity contribution in [3.8, 4) is 11.3 Å². The van der Waals surface area contributed by atoms with Crippen molar-refractivity contribution in [3.63, 3.8) is 0 Å². The Morgan fingerprint density at radius 3 is 2.57 bits per heavy atom. The van der Waals surface area contributed by atoms with Crippen molar-refractivity contribution >= 4 is 0 Å². The van der Waals surface area contributed by atoms with Crippen LogP contribution in [0.4, 0.5) is 0 Å². The van der Waals surface area contributed by atoms with Crippen LogP contribution in [0.1, 0.15) is 31.5 Å². The van der Waals surface area contributed by atoms with Crippen molar-refractivity contribution in [3.05, 3.63) is 24.4 Å². The maximum absolute atomic E-state index is 5.53. The van der Waals surface area contributed by atoms with E-state index in [2.05, 4.69) is 38.9 Å². The number of aryl methyl sites for hydroxylation is 1. The Bertz CT molecular complexity index is 813. The van der Waals surface area contributed by atoms with E-state index >= 15 is 0 Å². The quantitative estimate of drug-likeness (QED) is 0.810. The van der Waals surface area contributed by atoms with Crippen LogP contribution in [-0.2, 0) is 23.9 Å². The van der Waals surface area contributed by atoms with Gasteiger partial charge in [0, 0.05) is 64.7 Å². The zero-order valence-corrected chi connectivity index (χ0v) is 17.2. The van der Waals surface area contributed by atoms with Crippen molar-refractivity contribution in [1.82, 2.24) is 29.1 Å². The van der Waals surface area contributed by atoms with Gasteiger partial charge in [0.15, 0.2) is 0 Å². The van der Waals surface area contributed by atoms with Gasteiger partial charge in [-0.1, -0.05) is 0 Å². The fourth-order valence-corrected chi connectivity index (χ4v) is 5.40. The third kappa shape index (κ3) is 3.09. The molecule has 0 bridgehead atoms. The highest BCUT2D eigenvalue weighted by Crippen LogP contribution is 2.41. The Kier molecular flexibility index (Phi) is 4.77. The topological polar surface area (TPSA) is 51.4 Å². The molecule has 3 aliphatic heterocycles. The monoisotopic (exact) mass is 384 g/mol. The fourth-order valence-electron chi connectivity index (χ4n) is 5.40. The standard InChI is InChI=1S/C21H32N6O/c1-24-9-10-27-19(18-13-23-25(2)16-18)14-22-20(27)21(24)5-7-26(8-6-21)15-17-3-11-28-12-4-17/h13-14,16-17H,3-12,15H2,1-2H3. The predicted octanol–water partition coefficient (Wildman–Crippen LogP) is 1.95. The van der Waals surface area contributed by atoms with Crippen LogP contribution in [0.25, 0.3) is 11.3 Å². The normalized spacial score (nSPS) is 23.9. The van der Waals surface area contributed by atoms with Crippen LogP contribution in [0.2, 0.25) is 0 Å². The second kappa shape index (κ2) is 7.28. The van der Waals surface area contributed by atoms with Gasteiger partial charge in [-0.25, -0.2) is 4.98 Å². The van der Waals surface area contributed by atoms with Gasteiger partial charge in [0.1, 0.15) is 5.82 Å². The lowest BCUT2D eigenvalue weighted by Crippen LogP contribution is -2.56. The van der Waals surface area contributed by atoms with Gasteiger partial charge >= 0.3 is 0 Å². The lowest BCUT2D eigenvalue weighted by atomic mass is 9.83. The Hall–Kier alpha value is -1.70. The van der Waals surface area contributed by atoms with E-state index in [4.69, 9.17) is 9.72 Å². The molecular weight excluding hydrogens is 352 g/mol. The van der Waals surface area contributed by atoms with Crippen LogP contribution in [0, 0.1) is 5.92 Å². The molecule has 0 atom stereocenters. The van der Waals surface area contributed by atoms with Crippen molar-refractivity contribution in [2.24, 2.45) is 13.0 Å². The van der Waals surface area contributed by atoms with E-state index in [0.717, 1.165) is 63.7 Å². The molecule has 0 unspecified atom stereocenters. The number of hydrogen-bond donors (Lipinski definition) is 0. The first-order valence-electron chi connectivity index (χ1n) is 10.7. The molecule has 5 rings (SSSR count). The zero-order chi connectivity index (χ0) is 19.1. The van der Waals surface area contributed by atoms with E-state index in [1.807, 2.05) is 17.9 Å². The summed E-state index contributed by atoms with van der Waals surface area (Å²) >= 11 is 0. The average Bonchev–Trinajstić information content (AvgIpc) is 3.34. The Balaban J connectivity index is 1.35. The Morgan fingerprint density at radius 1 is 1.07 bits per heavy atom. The molecule has 7 nitrogen and oxygen atoms in total. The predicted molar refractivity (Wildman–Crippen MR) is 108 cm³/mol. The Morgan fingerprint density at radius 2 is 1.86 bits per heavy atom. The van der Waals surface area contributed by atoms with Gasteiger partial charge in [0.2, 0.25) is 0 Å². The number of fused-ring (bicyclic) bond motifs is 2. The van der Waals surface area contributed by atoms with Crippen LogP contribution >= 0.6 is 0 Å². The van der Waals surface area contributed by atoms with Crippen molar-refractivity contribution in [2.75, 3.05) is 46.4 Å². The number of ether oxygens (including phenoxy) is 1. The van der Waals surface area contributed by atoms with Crippen LogP contribution in [0.3, 0.4) is 0 Å². The SMILES string of the molecule is CN1CCn2c(-c3cnn(C)c3)cnc2C12CCN(CC1CCOCC1)CC2. The van der Waals surface area contributed by atoms with Crippen LogP contribution in [0.15, 0.2) is 18.6 Å². The maximum Gasteiger partial charge on any atom is 0.129 e. The molecular formula is C21H32N6O. The summed E-state index contributed by atoms with van der Waals surface area (Å²) in [6.07, 6.45) is 10.9.